The lowest BCUT2D eigenvalue weighted by Crippen LogP contribution is -2.61. The summed E-state index contributed by atoms with van der Waals surface area (Å²) in [5, 5.41) is 9.24. The molecule has 3 atom stereocenters. The van der Waals surface area contributed by atoms with Gasteiger partial charge in [0.2, 0.25) is 0 Å². The van der Waals surface area contributed by atoms with Gasteiger partial charge in [-0.05, 0) is 43.8 Å². The number of rotatable bonds is 5. The molecule has 0 saturated heterocycles. The highest BCUT2D eigenvalue weighted by molar-refractivity contribution is 5.96. The molecule has 3 aliphatic carbocycles. The lowest BCUT2D eigenvalue weighted by atomic mass is 9.52. The standard InChI is InChI=1S/C15H20O6/c1-9(16)11-7-15(21-3)5-4-10(11)6-14(15,8-12(17)18)13(19)20-2/h7,10H,4-6,8H2,1-3H3,(H,17,18)/t10-,14+,15+/m0/s1. The molecule has 0 amide bonds. The van der Waals surface area contributed by atoms with E-state index in [2.05, 4.69) is 0 Å². The first-order chi connectivity index (χ1) is 9.82. The van der Waals surface area contributed by atoms with Crippen molar-refractivity contribution in [1.29, 1.82) is 0 Å². The van der Waals surface area contributed by atoms with Crippen molar-refractivity contribution in [2.75, 3.05) is 14.2 Å². The quantitative estimate of drug-likeness (QED) is 0.770. The van der Waals surface area contributed by atoms with Crippen LogP contribution in [0, 0.1) is 11.3 Å². The third-order valence-corrected chi connectivity index (χ3v) is 4.90. The maximum absolute atomic E-state index is 12.4. The molecule has 3 aliphatic rings. The minimum atomic E-state index is -1.27. The number of allylic oxidation sites excluding steroid dienone is 1. The molecule has 1 saturated carbocycles. The molecule has 0 aromatic heterocycles. The van der Waals surface area contributed by atoms with Crippen LogP contribution in [0.4, 0.5) is 0 Å². The molecule has 6 nitrogen and oxygen atoms in total. The molecule has 3 rings (SSSR count). The van der Waals surface area contributed by atoms with E-state index in [1.165, 1.54) is 21.1 Å². The van der Waals surface area contributed by atoms with E-state index in [0.29, 0.717) is 18.4 Å². The highest BCUT2D eigenvalue weighted by Gasteiger charge is 2.64. The van der Waals surface area contributed by atoms with Gasteiger partial charge in [-0.3, -0.25) is 14.4 Å². The predicted octanol–water partition coefficient (Wildman–Crippen LogP) is 1.33. The summed E-state index contributed by atoms with van der Waals surface area (Å²) in [6, 6.07) is 0. The highest BCUT2D eigenvalue weighted by Crippen LogP contribution is 2.58. The summed E-state index contributed by atoms with van der Waals surface area (Å²) in [6.45, 7) is 1.48. The number of hydrogen-bond donors (Lipinski definition) is 1. The molecule has 2 bridgehead atoms. The Morgan fingerprint density at radius 3 is 2.52 bits per heavy atom. The number of fused-ring (bicyclic) bond motifs is 2. The molecule has 1 N–H and O–H groups in total. The third kappa shape index (κ3) is 2.18. The average molecular weight is 296 g/mol. The van der Waals surface area contributed by atoms with Crippen LogP contribution in [0.1, 0.15) is 32.6 Å². The fraction of sp³-hybridized carbons (Fsp3) is 0.667. The summed E-state index contributed by atoms with van der Waals surface area (Å²) in [4.78, 5) is 35.4. The second kappa shape index (κ2) is 5.26. The van der Waals surface area contributed by atoms with E-state index in [0.717, 1.165) is 0 Å². The van der Waals surface area contributed by atoms with E-state index in [9.17, 15) is 19.5 Å². The van der Waals surface area contributed by atoms with Gasteiger partial charge in [0.05, 0.1) is 13.5 Å². The maximum Gasteiger partial charge on any atom is 0.315 e. The minimum absolute atomic E-state index is 0.0603. The van der Waals surface area contributed by atoms with Gasteiger partial charge in [0.25, 0.3) is 0 Å². The maximum atomic E-state index is 12.4. The van der Waals surface area contributed by atoms with Gasteiger partial charge < -0.3 is 14.6 Å². The van der Waals surface area contributed by atoms with Gasteiger partial charge in [-0.2, -0.15) is 0 Å². The van der Waals surface area contributed by atoms with Gasteiger partial charge in [-0.25, -0.2) is 0 Å². The Hall–Kier alpha value is -1.69. The summed E-state index contributed by atoms with van der Waals surface area (Å²) in [6.07, 6.45) is 2.77. The van der Waals surface area contributed by atoms with Crippen molar-refractivity contribution >= 4 is 17.7 Å². The lowest BCUT2D eigenvalue weighted by molar-refractivity contribution is -0.190. The van der Waals surface area contributed by atoms with E-state index in [1.54, 1.807) is 6.08 Å². The fourth-order valence-corrected chi connectivity index (χ4v) is 3.92. The van der Waals surface area contributed by atoms with Gasteiger partial charge >= 0.3 is 11.9 Å². The molecule has 0 aromatic rings. The number of carboxylic acids is 1. The first-order valence-electron chi connectivity index (χ1n) is 6.91. The van der Waals surface area contributed by atoms with Crippen LogP contribution < -0.4 is 0 Å². The van der Waals surface area contributed by atoms with Gasteiger partial charge in [-0.1, -0.05) is 0 Å². The van der Waals surface area contributed by atoms with Gasteiger partial charge in [0.1, 0.15) is 11.0 Å². The molecule has 0 radical (unpaired) electrons. The first-order valence-corrected chi connectivity index (χ1v) is 6.91. The number of ketones is 1. The average Bonchev–Trinajstić information content (AvgIpc) is 2.46. The number of carboxylic acid groups (broad SMARTS) is 1. The number of carbonyl (C=O) groups is 3. The van der Waals surface area contributed by atoms with Crippen molar-refractivity contribution in [3.05, 3.63) is 11.6 Å². The second-order valence-electron chi connectivity index (χ2n) is 5.83. The topological polar surface area (TPSA) is 89.9 Å². The first kappa shape index (κ1) is 15.7. The molecular formula is C15H20O6. The number of Topliss-reactive ketones (excluding diaryl/α,β-unsaturated/α-hetero) is 1. The Balaban J connectivity index is 2.60. The van der Waals surface area contributed by atoms with Crippen LogP contribution in [0.15, 0.2) is 11.6 Å². The Morgan fingerprint density at radius 2 is 2.05 bits per heavy atom. The van der Waals surface area contributed by atoms with Crippen LogP contribution in [-0.4, -0.2) is 42.6 Å². The largest absolute Gasteiger partial charge is 0.481 e. The monoisotopic (exact) mass is 296 g/mol. The van der Waals surface area contributed by atoms with Crippen LogP contribution in [0.2, 0.25) is 0 Å². The number of methoxy groups -OCH3 is 2. The highest BCUT2D eigenvalue weighted by atomic mass is 16.5. The molecule has 0 aromatic carbocycles. The molecular weight excluding hydrogens is 276 g/mol. The van der Waals surface area contributed by atoms with Crippen LogP contribution in [0.5, 0.6) is 0 Å². The van der Waals surface area contributed by atoms with Crippen LogP contribution in [0.25, 0.3) is 0 Å². The van der Waals surface area contributed by atoms with Crippen molar-refractivity contribution in [2.24, 2.45) is 11.3 Å². The summed E-state index contributed by atoms with van der Waals surface area (Å²) in [5.41, 5.74) is -1.73. The van der Waals surface area contributed by atoms with Crippen molar-refractivity contribution in [3.8, 4) is 0 Å². The van der Waals surface area contributed by atoms with Crippen molar-refractivity contribution in [3.63, 3.8) is 0 Å². The summed E-state index contributed by atoms with van der Waals surface area (Å²) in [5.74, 6) is -1.84. The normalized spacial score (nSPS) is 34.2. The zero-order valence-electron chi connectivity index (χ0n) is 12.5. The zero-order valence-corrected chi connectivity index (χ0v) is 12.5. The molecule has 1 fully saturated rings. The van der Waals surface area contributed by atoms with Crippen molar-refractivity contribution in [1.82, 2.24) is 0 Å². The SMILES string of the molecule is COC(=O)[C@]1(CC(=O)O)C[C@@H]2CC[C@@]1(OC)C=C2C(C)=O. The number of esters is 1. The number of ether oxygens (including phenoxy) is 2. The van der Waals surface area contributed by atoms with E-state index >= 15 is 0 Å². The Kier molecular flexibility index (Phi) is 3.93. The predicted molar refractivity (Wildman–Crippen MR) is 72.5 cm³/mol. The smallest absolute Gasteiger partial charge is 0.315 e. The van der Waals surface area contributed by atoms with Gasteiger partial charge in [-0.15, -0.1) is 0 Å². The second-order valence-corrected chi connectivity index (χ2v) is 5.83. The van der Waals surface area contributed by atoms with Crippen molar-refractivity contribution < 1.29 is 29.0 Å². The van der Waals surface area contributed by atoms with Gasteiger partial charge in [0.15, 0.2) is 5.78 Å². The molecule has 116 valence electrons. The van der Waals surface area contributed by atoms with E-state index in [-0.39, 0.29) is 24.5 Å². The van der Waals surface area contributed by atoms with E-state index in [4.69, 9.17) is 9.47 Å². The molecule has 0 heterocycles. The molecule has 0 unspecified atom stereocenters. The zero-order chi connectivity index (χ0) is 15.8. The Morgan fingerprint density at radius 1 is 1.38 bits per heavy atom. The molecule has 21 heavy (non-hydrogen) atoms. The lowest BCUT2D eigenvalue weighted by Gasteiger charge is -2.54. The molecule has 6 heteroatoms. The van der Waals surface area contributed by atoms with E-state index < -0.39 is 23.0 Å². The van der Waals surface area contributed by atoms with Crippen LogP contribution in [0.3, 0.4) is 0 Å². The molecule has 0 aliphatic heterocycles. The van der Waals surface area contributed by atoms with Crippen LogP contribution >= 0.6 is 0 Å². The third-order valence-electron chi connectivity index (χ3n) is 4.90. The summed E-state index contributed by atoms with van der Waals surface area (Å²) < 4.78 is 10.5. The summed E-state index contributed by atoms with van der Waals surface area (Å²) in [7, 11) is 2.69. The molecule has 0 spiro atoms. The number of aliphatic carboxylic acids is 1. The number of hydrogen-bond acceptors (Lipinski definition) is 5. The van der Waals surface area contributed by atoms with Crippen molar-refractivity contribution in [2.45, 2.75) is 38.2 Å². The number of carbonyl (C=O) groups excluding carboxylic acids is 2. The minimum Gasteiger partial charge on any atom is -0.481 e. The van der Waals surface area contributed by atoms with Gasteiger partial charge in [0, 0.05) is 7.11 Å². The van der Waals surface area contributed by atoms with Crippen LogP contribution in [-0.2, 0) is 23.9 Å². The Bertz CT molecular complexity index is 522. The Labute approximate surface area is 123 Å². The fourth-order valence-electron chi connectivity index (χ4n) is 3.92. The summed E-state index contributed by atoms with van der Waals surface area (Å²) >= 11 is 0. The van der Waals surface area contributed by atoms with E-state index in [1.807, 2.05) is 0 Å².